The number of nitrogens with two attached hydrogens (primary N) is 1. The molecule has 0 radical (unpaired) electrons. The van der Waals surface area contributed by atoms with Crippen molar-refractivity contribution < 1.29 is 0 Å². The van der Waals surface area contributed by atoms with E-state index in [1.54, 1.807) is 0 Å². The molecule has 0 aliphatic carbocycles. The van der Waals surface area contributed by atoms with Gasteiger partial charge in [0.05, 0.1) is 0 Å². The molecule has 1 heterocycles. The maximum absolute atomic E-state index is 6.01. The van der Waals surface area contributed by atoms with Gasteiger partial charge in [-0.25, -0.2) is 0 Å². The van der Waals surface area contributed by atoms with Crippen molar-refractivity contribution in [3.05, 3.63) is 71.8 Å². The topological polar surface area (TPSA) is 29.3 Å². The Hall–Kier alpha value is -1.64. The lowest BCUT2D eigenvalue weighted by atomic mass is 9.97. The van der Waals surface area contributed by atoms with Gasteiger partial charge in [0.15, 0.2) is 0 Å². The van der Waals surface area contributed by atoms with Gasteiger partial charge < -0.3 is 5.73 Å². The van der Waals surface area contributed by atoms with Crippen molar-refractivity contribution in [1.82, 2.24) is 4.90 Å². The molecule has 2 heteroatoms. The summed E-state index contributed by atoms with van der Waals surface area (Å²) >= 11 is 0. The SMILES string of the molecule is NC[C@H]1CCCN1C(Cc1ccccc1)Cc1ccccc1. The summed E-state index contributed by atoms with van der Waals surface area (Å²) < 4.78 is 0. The smallest absolute Gasteiger partial charge is 0.0222 e. The normalized spacial score (nSPS) is 18.9. The van der Waals surface area contributed by atoms with E-state index in [4.69, 9.17) is 5.73 Å². The van der Waals surface area contributed by atoms with Gasteiger partial charge in [0.25, 0.3) is 0 Å². The van der Waals surface area contributed by atoms with Gasteiger partial charge in [0.1, 0.15) is 0 Å². The van der Waals surface area contributed by atoms with Crippen molar-refractivity contribution in [1.29, 1.82) is 0 Å². The predicted molar refractivity (Wildman–Crippen MR) is 92.9 cm³/mol. The van der Waals surface area contributed by atoms with E-state index in [1.165, 1.54) is 30.5 Å². The van der Waals surface area contributed by atoms with E-state index in [0.717, 1.165) is 19.4 Å². The Balaban J connectivity index is 1.78. The molecule has 0 amide bonds. The monoisotopic (exact) mass is 294 g/mol. The first-order valence-electron chi connectivity index (χ1n) is 8.40. The van der Waals surface area contributed by atoms with Crippen molar-refractivity contribution in [3.63, 3.8) is 0 Å². The van der Waals surface area contributed by atoms with Crippen molar-refractivity contribution in [2.45, 2.75) is 37.8 Å². The van der Waals surface area contributed by atoms with E-state index in [9.17, 15) is 0 Å². The number of rotatable bonds is 6. The van der Waals surface area contributed by atoms with Gasteiger partial charge in [-0.15, -0.1) is 0 Å². The number of nitrogens with zero attached hydrogens (tertiary/aromatic N) is 1. The minimum Gasteiger partial charge on any atom is -0.329 e. The maximum Gasteiger partial charge on any atom is 0.0222 e. The second-order valence-electron chi connectivity index (χ2n) is 6.30. The van der Waals surface area contributed by atoms with E-state index in [-0.39, 0.29) is 0 Å². The summed E-state index contributed by atoms with van der Waals surface area (Å²) in [6.07, 6.45) is 4.73. The number of hydrogen-bond acceptors (Lipinski definition) is 2. The molecule has 1 aliphatic rings. The zero-order valence-electron chi connectivity index (χ0n) is 13.2. The third-order valence-corrected chi connectivity index (χ3v) is 4.79. The zero-order chi connectivity index (χ0) is 15.2. The lowest BCUT2D eigenvalue weighted by Crippen LogP contribution is -2.45. The van der Waals surface area contributed by atoms with E-state index in [1.807, 2.05) is 0 Å². The van der Waals surface area contributed by atoms with E-state index < -0.39 is 0 Å². The molecule has 0 unspecified atom stereocenters. The molecule has 1 saturated heterocycles. The minimum atomic E-state index is 0.542. The maximum atomic E-state index is 6.01. The molecular formula is C20H26N2. The fourth-order valence-electron chi connectivity index (χ4n) is 3.67. The standard InChI is InChI=1S/C20H26N2/c21-16-19-12-7-13-22(19)20(14-17-8-3-1-4-9-17)15-18-10-5-2-6-11-18/h1-6,8-11,19-20H,7,12-16,21H2/t19-/m1/s1. The average Bonchev–Trinajstić information content (AvgIpc) is 3.05. The molecule has 1 fully saturated rings. The summed E-state index contributed by atoms with van der Waals surface area (Å²) in [5.74, 6) is 0. The molecule has 0 aromatic heterocycles. The van der Waals surface area contributed by atoms with Gasteiger partial charge in [-0.2, -0.15) is 0 Å². The quantitative estimate of drug-likeness (QED) is 0.886. The number of likely N-dealkylation sites (tertiary alicyclic amines) is 1. The third kappa shape index (κ3) is 3.76. The Bertz CT molecular complexity index is 511. The molecule has 2 aromatic rings. The van der Waals surface area contributed by atoms with Crippen LogP contribution in [0.5, 0.6) is 0 Å². The van der Waals surface area contributed by atoms with E-state index in [2.05, 4.69) is 65.6 Å². The number of benzene rings is 2. The molecule has 0 bridgehead atoms. The van der Waals surface area contributed by atoms with Crippen molar-refractivity contribution >= 4 is 0 Å². The third-order valence-electron chi connectivity index (χ3n) is 4.79. The van der Waals surface area contributed by atoms with Gasteiger partial charge in [-0.05, 0) is 43.4 Å². The lowest BCUT2D eigenvalue weighted by Gasteiger charge is -2.33. The highest BCUT2D eigenvalue weighted by molar-refractivity contribution is 5.20. The molecule has 2 N–H and O–H groups in total. The summed E-state index contributed by atoms with van der Waals surface area (Å²) in [4.78, 5) is 2.65. The Labute approximate surface area is 134 Å². The highest BCUT2D eigenvalue weighted by Gasteiger charge is 2.29. The Kier molecular flexibility index (Phi) is 5.25. The Morgan fingerprint density at radius 3 is 1.95 bits per heavy atom. The van der Waals surface area contributed by atoms with E-state index in [0.29, 0.717) is 12.1 Å². The van der Waals surface area contributed by atoms with Gasteiger partial charge in [-0.3, -0.25) is 4.90 Å². The summed E-state index contributed by atoms with van der Waals surface area (Å²) in [6, 6.07) is 22.8. The Morgan fingerprint density at radius 2 is 1.45 bits per heavy atom. The summed E-state index contributed by atoms with van der Waals surface area (Å²) in [6.45, 7) is 1.96. The molecule has 0 spiro atoms. The van der Waals surface area contributed by atoms with Crippen LogP contribution < -0.4 is 5.73 Å². The van der Waals surface area contributed by atoms with Crippen LogP contribution in [0.15, 0.2) is 60.7 Å². The van der Waals surface area contributed by atoms with Gasteiger partial charge in [0, 0.05) is 18.6 Å². The second-order valence-corrected chi connectivity index (χ2v) is 6.30. The zero-order valence-corrected chi connectivity index (χ0v) is 13.2. The molecule has 0 saturated carbocycles. The molecule has 2 nitrogen and oxygen atoms in total. The van der Waals surface area contributed by atoms with Crippen LogP contribution in [0.4, 0.5) is 0 Å². The summed E-state index contributed by atoms with van der Waals surface area (Å²) in [5.41, 5.74) is 8.85. The summed E-state index contributed by atoms with van der Waals surface area (Å²) in [5, 5.41) is 0. The van der Waals surface area contributed by atoms with Crippen LogP contribution >= 0.6 is 0 Å². The second kappa shape index (κ2) is 7.57. The lowest BCUT2D eigenvalue weighted by molar-refractivity contribution is 0.180. The van der Waals surface area contributed by atoms with Crippen LogP contribution in [0.2, 0.25) is 0 Å². The fraction of sp³-hybridized carbons (Fsp3) is 0.400. The Morgan fingerprint density at radius 1 is 0.909 bits per heavy atom. The van der Waals surface area contributed by atoms with Crippen LogP contribution in [0.3, 0.4) is 0 Å². The van der Waals surface area contributed by atoms with Crippen LogP contribution in [0.25, 0.3) is 0 Å². The van der Waals surface area contributed by atoms with E-state index >= 15 is 0 Å². The van der Waals surface area contributed by atoms with Crippen molar-refractivity contribution in [2.24, 2.45) is 5.73 Å². The molecular weight excluding hydrogens is 268 g/mol. The van der Waals surface area contributed by atoms with Gasteiger partial charge in [0.2, 0.25) is 0 Å². The molecule has 116 valence electrons. The predicted octanol–water partition coefficient (Wildman–Crippen LogP) is 3.26. The largest absolute Gasteiger partial charge is 0.329 e. The van der Waals surface area contributed by atoms with Gasteiger partial charge >= 0.3 is 0 Å². The molecule has 2 aromatic carbocycles. The molecule has 1 atom stereocenters. The fourth-order valence-corrected chi connectivity index (χ4v) is 3.67. The highest BCUT2D eigenvalue weighted by atomic mass is 15.2. The molecule has 22 heavy (non-hydrogen) atoms. The van der Waals surface area contributed by atoms with Crippen LogP contribution in [0.1, 0.15) is 24.0 Å². The van der Waals surface area contributed by atoms with Crippen LogP contribution in [-0.2, 0) is 12.8 Å². The van der Waals surface area contributed by atoms with Crippen LogP contribution in [-0.4, -0.2) is 30.1 Å². The van der Waals surface area contributed by atoms with Crippen molar-refractivity contribution in [3.8, 4) is 0 Å². The van der Waals surface area contributed by atoms with Gasteiger partial charge in [-0.1, -0.05) is 60.7 Å². The summed E-state index contributed by atoms with van der Waals surface area (Å²) in [7, 11) is 0. The molecule has 1 aliphatic heterocycles. The first-order chi connectivity index (χ1) is 10.9. The first kappa shape index (κ1) is 15.3. The van der Waals surface area contributed by atoms with Crippen LogP contribution in [0, 0.1) is 0 Å². The average molecular weight is 294 g/mol. The minimum absolute atomic E-state index is 0.542. The first-order valence-corrected chi connectivity index (χ1v) is 8.40. The highest BCUT2D eigenvalue weighted by Crippen LogP contribution is 2.24. The number of hydrogen-bond donors (Lipinski definition) is 1. The van der Waals surface area contributed by atoms with Crippen molar-refractivity contribution in [2.75, 3.05) is 13.1 Å². The molecule has 3 rings (SSSR count).